The van der Waals surface area contributed by atoms with Gasteiger partial charge < -0.3 is 14.0 Å². The zero-order chi connectivity index (χ0) is 17.6. The van der Waals surface area contributed by atoms with Gasteiger partial charge in [-0.05, 0) is 24.5 Å². The van der Waals surface area contributed by atoms with E-state index in [1.54, 1.807) is 0 Å². The number of carbonyl (C=O) groups excluding carboxylic acids is 2. The third kappa shape index (κ3) is 4.78. The van der Waals surface area contributed by atoms with Crippen LogP contribution in [-0.2, 0) is 25.6 Å². The molecule has 1 fully saturated rings. The van der Waals surface area contributed by atoms with Gasteiger partial charge in [0, 0.05) is 23.2 Å². The van der Waals surface area contributed by atoms with E-state index in [1.807, 2.05) is 40.4 Å². The molecule has 0 bridgehead atoms. The summed E-state index contributed by atoms with van der Waals surface area (Å²) in [5, 5.41) is 2.49. The molecule has 6 nitrogen and oxygen atoms in total. The molecule has 0 saturated carbocycles. The van der Waals surface area contributed by atoms with Crippen LogP contribution in [0, 0.1) is 0 Å². The number of aromatic nitrogens is 1. The quantitative estimate of drug-likeness (QED) is 0.747. The van der Waals surface area contributed by atoms with E-state index < -0.39 is 18.0 Å². The Balaban J connectivity index is 1.63. The monoisotopic (exact) mass is 380 g/mol. The summed E-state index contributed by atoms with van der Waals surface area (Å²) in [5.74, 6) is -1.02. The Labute approximate surface area is 153 Å². The van der Waals surface area contributed by atoms with Crippen molar-refractivity contribution >= 4 is 34.8 Å². The van der Waals surface area contributed by atoms with Gasteiger partial charge in [0.15, 0.2) is 17.5 Å². The number of hydrogen-bond acceptors (Lipinski definition) is 5. The van der Waals surface area contributed by atoms with E-state index in [0.29, 0.717) is 29.4 Å². The smallest absolute Gasteiger partial charge is 0.335 e. The molecule has 1 atom stereocenters. The molecule has 1 amide bonds. The second-order valence-electron chi connectivity index (χ2n) is 5.52. The number of halogens is 1. The topological polar surface area (TPSA) is 69.9 Å². The lowest BCUT2D eigenvalue weighted by Crippen LogP contribution is -2.25. The average Bonchev–Trinajstić information content (AvgIpc) is 3.27. The molecule has 1 aliphatic heterocycles. The Morgan fingerprint density at radius 2 is 2.24 bits per heavy atom. The van der Waals surface area contributed by atoms with Crippen molar-refractivity contribution < 1.29 is 19.1 Å². The fourth-order valence-corrected chi connectivity index (χ4v) is 3.39. The number of rotatable bonds is 5. The van der Waals surface area contributed by atoms with Gasteiger partial charge in [0.2, 0.25) is 0 Å². The molecule has 0 N–H and O–H groups in total. The SMILES string of the molecule is O=C(COC(=O)[C@H]1CCCO1)N=c1sccn1Cc1ccccc1Cl. The van der Waals surface area contributed by atoms with Crippen molar-refractivity contribution in [1.29, 1.82) is 0 Å². The van der Waals surface area contributed by atoms with E-state index in [1.165, 1.54) is 11.3 Å². The predicted octanol–water partition coefficient (Wildman–Crippen LogP) is 2.40. The summed E-state index contributed by atoms with van der Waals surface area (Å²) in [4.78, 5) is 28.3. The molecule has 8 heteroatoms. The molecule has 2 heterocycles. The normalized spacial score (nSPS) is 17.6. The number of hydrogen-bond donors (Lipinski definition) is 0. The molecule has 0 spiro atoms. The van der Waals surface area contributed by atoms with Gasteiger partial charge in [0.05, 0.1) is 6.54 Å². The van der Waals surface area contributed by atoms with Crippen molar-refractivity contribution in [2.75, 3.05) is 13.2 Å². The van der Waals surface area contributed by atoms with Crippen LogP contribution in [0.3, 0.4) is 0 Å². The minimum Gasteiger partial charge on any atom is -0.454 e. The highest BCUT2D eigenvalue weighted by Crippen LogP contribution is 2.16. The van der Waals surface area contributed by atoms with Gasteiger partial charge in [-0.15, -0.1) is 11.3 Å². The Kier molecular flexibility index (Phi) is 6.01. The molecule has 1 aromatic carbocycles. The van der Waals surface area contributed by atoms with E-state index in [0.717, 1.165) is 12.0 Å². The van der Waals surface area contributed by atoms with Crippen LogP contribution in [0.1, 0.15) is 18.4 Å². The third-order valence-corrected chi connectivity index (χ3v) is 4.87. The summed E-state index contributed by atoms with van der Waals surface area (Å²) < 4.78 is 12.0. The van der Waals surface area contributed by atoms with E-state index in [9.17, 15) is 9.59 Å². The van der Waals surface area contributed by atoms with Gasteiger partial charge in [0.1, 0.15) is 0 Å². The Bertz CT molecular complexity index is 824. The van der Waals surface area contributed by atoms with Gasteiger partial charge in [0.25, 0.3) is 5.91 Å². The maximum atomic E-state index is 12.0. The zero-order valence-corrected chi connectivity index (χ0v) is 15.0. The summed E-state index contributed by atoms with van der Waals surface area (Å²) in [6.45, 7) is 0.670. The van der Waals surface area contributed by atoms with Crippen LogP contribution in [0.5, 0.6) is 0 Å². The summed E-state index contributed by atoms with van der Waals surface area (Å²) in [7, 11) is 0. The molecule has 0 unspecified atom stereocenters. The summed E-state index contributed by atoms with van der Waals surface area (Å²) in [6, 6.07) is 7.50. The van der Waals surface area contributed by atoms with Crippen molar-refractivity contribution in [1.82, 2.24) is 4.57 Å². The van der Waals surface area contributed by atoms with Crippen LogP contribution < -0.4 is 4.80 Å². The van der Waals surface area contributed by atoms with E-state index in [2.05, 4.69) is 4.99 Å². The maximum Gasteiger partial charge on any atom is 0.335 e. The highest BCUT2D eigenvalue weighted by molar-refractivity contribution is 7.07. The van der Waals surface area contributed by atoms with Crippen LogP contribution >= 0.6 is 22.9 Å². The van der Waals surface area contributed by atoms with Gasteiger partial charge in [-0.3, -0.25) is 4.79 Å². The largest absolute Gasteiger partial charge is 0.454 e. The number of nitrogens with zero attached hydrogens (tertiary/aromatic N) is 2. The molecular formula is C17H17ClN2O4S. The van der Waals surface area contributed by atoms with Crippen molar-refractivity contribution in [2.45, 2.75) is 25.5 Å². The Morgan fingerprint density at radius 1 is 1.40 bits per heavy atom. The first-order valence-corrected chi connectivity index (χ1v) is 9.12. The summed E-state index contributed by atoms with van der Waals surface area (Å²) >= 11 is 7.50. The predicted molar refractivity (Wildman–Crippen MR) is 93.4 cm³/mol. The average molecular weight is 381 g/mol. The lowest BCUT2D eigenvalue weighted by molar-refractivity contribution is -0.156. The number of carbonyl (C=O) groups is 2. The molecular weight excluding hydrogens is 364 g/mol. The third-order valence-electron chi connectivity index (χ3n) is 3.71. The minimum atomic E-state index is -0.556. The molecule has 132 valence electrons. The van der Waals surface area contributed by atoms with Crippen LogP contribution in [0.25, 0.3) is 0 Å². The summed E-state index contributed by atoms with van der Waals surface area (Å²) in [5.41, 5.74) is 0.932. The van der Waals surface area contributed by atoms with Crippen LogP contribution in [0.15, 0.2) is 40.8 Å². The van der Waals surface area contributed by atoms with Gasteiger partial charge in [-0.2, -0.15) is 4.99 Å². The van der Waals surface area contributed by atoms with Crippen molar-refractivity contribution in [3.63, 3.8) is 0 Å². The fourth-order valence-electron chi connectivity index (χ4n) is 2.45. The van der Waals surface area contributed by atoms with Crippen LogP contribution in [-0.4, -0.2) is 35.8 Å². The second kappa shape index (κ2) is 8.42. The van der Waals surface area contributed by atoms with E-state index >= 15 is 0 Å². The van der Waals surface area contributed by atoms with Crippen LogP contribution in [0.4, 0.5) is 0 Å². The molecule has 1 aromatic heterocycles. The van der Waals surface area contributed by atoms with Gasteiger partial charge in [-0.1, -0.05) is 29.8 Å². The van der Waals surface area contributed by atoms with Crippen molar-refractivity contribution in [2.24, 2.45) is 4.99 Å². The van der Waals surface area contributed by atoms with Crippen molar-refractivity contribution in [3.8, 4) is 0 Å². The molecule has 25 heavy (non-hydrogen) atoms. The molecule has 2 aromatic rings. The number of esters is 1. The lowest BCUT2D eigenvalue weighted by atomic mass is 10.2. The van der Waals surface area contributed by atoms with Crippen LogP contribution in [0.2, 0.25) is 5.02 Å². The first-order valence-electron chi connectivity index (χ1n) is 7.86. The molecule has 3 rings (SSSR count). The zero-order valence-electron chi connectivity index (χ0n) is 13.4. The van der Waals surface area contributed by atoms with Gasteiger partial charge in [-0.25, -0.2) is 4.79 Å². The number of benzene rings is 1. The molecule has 1 saturated heterocycles. The maximum absolute atomic E-state index is 12.0. The van der Waals surface area contributed by atoms with Crippen molar-refractivity contribution in [3.05, 3.63) is 51.2 Å². The summed E-state index contributed by atoms with van der Waals surface area (Å²) in [6.07, 6.45) is 2.74. The molecule has 0 radical (unpaired) electrons. The molecule has 0 aliphatic carbocycles. The van der Waals surface area contributed by atoms with E-state index in [4.69, 9.17) is 21.1 Å². The first kappa shape index (κ1) is 17.8. The number of thiazole rings is 1. The van der Waals surface area contributed by atoms with Gasteiger partial charge >= 0.3 is 5.97 Å². The van der Waals surface area contributed by atoms with E-state index in [-0.39, 0.29) is 6.61 Å². The molecule has 1 aliphatic rings. The lowest BCUT2D eigenvalue weighted by Gasteiger charge is -2.08. The highest BCUT2D eigenvalue weighted by Gasteiger charge is 2.25. The highest BCUT2D eigenvalue weighted by atomic mass is 35.5. The first-order chi connectivity index (χ1) is 12.1. The minimum absolute atomic E-state index is 0.386. The Hall–Kier alpha value is -1.96. The number of amides is 1. The fraction of sp³-hybridized carbons (Fsp3) is 0.353. The number of ether oxygens (including phenoxy) is 2. The Morgan fingerprint density at radius 3 is 3.00 bits per heavy atom. The standard InChI is InChI=1S/C17H17ClN2O4S/c18-13-5-2-1-4-12(13)10-20-7-9-25-17(20)19-15(21)11-24-16(22)14-6-3-8-23-14/h1-2,4-5,7,9,14H,3,6,8,10-11H2/t14-/m1/s1. The second-order valence-corrected chi connectivity index (χ2v) is 6.80.